The highest BCUT2D eigenvalue weighted by Gasteiger charge is 2.20. The van der Waals surface area contributed by atoms with Gasteiger partial charge in [-0.15, -0.1) is 0 Å². The maximum Gasteiger partial charge on any atom is 0.338 e. The number of amides is 1. The maximum absolute atomic E-state index is 11.7. The fourth-order valence-electron chi connectivity index (χ4n) is 1.18. The number of aromatic nitrogens is 1. The van der Waals surface area contributed by atoms with Gasteiger partial charge in [-0.05, 0) is 12.1 Å². The van der Waals surface area contributed by atoms with Gasteiger partial charge in [0.05, 0.1) is 12.2 Å². The van der Waals surface area contributed by atoms with Crippen molar-refractivity contribution in [2.75, 3.05) is 20.2 Å². The molecule has 0 saturated carbocycles. The van der Waals surface area contributed by atoms with Gasteiger partial charge < -0.3 is 15.1 Å². The molecule has 6 nitrogen and oxygen atoms in total. The second-order valence-electron chi connectivity index (χ2n) is 3.16. The minimum atomic E-state index is -1.20. The predicted octanol–water partition coefficient (Wildman–Crippen LogP) is -0.156. The Kier molecular flexibility index (Phi) is 3.96. The Morgan fingerprint density at radius 3 is 2.75 bits per heavy atom. The van der Waals surface area contributed by atoms with Gasteiger partial charge in [0.2, 0.25) is 0 Å². The number of likely N-dealkylation sites (N-methyl/N-ethyl adjacent to an activating group) is 1. The summed E-state index contributed by atoms with van der Waals surface area (Å²) in [5.41, 5.74) is -0.261. The van der Waals surface area contributed by atoms with Crippen LogP contribution in [0.4, 0.5) is 0 Å². The van der Waals surface area contributed by atoms with E-state index in [0.29, 0.717) is 0 Å². The Morgan fingerprint density at radius 2 is 2.19 bits per heavy atom. The zero-order valence-electron chi connectivity index (χ0n) is 8.75. The second kappa shape index (κ2) is 5.22. The molecule has 1 amide bonds. The van der Waals surface area contributed by atoms with Gasteiger partial charge in [-0.2, -0.15) is 0 Å². The molecule has 1 heterocycles. The van der Waals surface area contributed by atoms with Gasteiger partial charge in [-0.25, -0.2) is 4.79 Å². The molecule has 0 aliphatic carbocycles. The normalized spacial score (nSPS) is 9.88. The fourth-order valence-corrected chi connectivity index (χ4v) is 1.18. The van der Waals surface area contributed by atoms with Crippen LogP contribution in [-0.4, -0.2) is 52.2 Å². The van der Waals surface area contributed by atoms with Gasteiger partial charge >= 0.3 is 5.97 Å². The Labute approximate surface area is 92.1 Å². The van der Waals surface area contributed by atoms with E-state index in [1.807, 2.05) is 0 Å². The van der Waals surface area contributed by atoms with Crippen molar-refractivity contribution in [3.63, 3.8) is 0 Å². The lowest BCUT2D eigenvalue weighted by atomic mass is 10.2. The van der Waals surface area contributed by atoms with Crippen LogP contribution in [0.1, 0.15) is 20.8 Å². The van der Waals surface area contributed by atoms with E-state index < -0.39 is 11.9 Å². The molecule has 1 aromatic heterocycles. The molecule has 1 rings (SSSR count). The molecule has 16 heavy (non-hydrogen) atoms. The van der Waals surface area contributed by atoms with Crippen LogP contribution < -0.4 is 0 Å². The molecule has 0 fully saturated rings. The maximum atomic E-state index is 11.7. The van der Waals surface area contributed by atoms with Gasteiger partial charge in [0.15, 0.2) is 0 Å². The predicted molar refractivity (Wildman–Crippen MR) is 55.2 cm³/mol. The van der Waals surface area contributed by atoms with Crippen molar-refractivity contribution in [3.05, 3.63) is 29.6 Å². The van der Waals surface area contributed by atoms with Crippen LogP contribution in [0, 0.1) is 0 Å². The number of hydrogen-bond acceptors (Lipinski definition) is 4. The Bertz CT molecular complexity index is 406. The van der Waals surface area contributed by atoms with Crippen molar-refractivity contribution in [1.82, 2.24) is 9.88 Å². The first-order chi connectivity index (χ1) is 7.57. The van der Waals surface area contributed by atoms with Crippen molar-refractivity contribution < 1.29 is 19.8 Å². The number of aliphatic hydroxyl groups excluding tert-OH is 1. The second-order valence-corrected chi connectivity index (χ2v) is 3.16. The summed E-state index contributed by atoms with van der Waals surface area (Å²) in [4.78, 5) is 27.6. The lowest BCUT2D eigenvalue weighted by molar-refractivity contribution is 0.0675. The van der Waals surface area contributed by atoms with Crippen molar-refractivity contribution >= 4 is 11.9 Å². The molecule has 6 heteroatoms. The fraction of sp³-hybridized carbons (Fsp3) is 0.300. The van der Waals surface area contributed by atoms with Crippen LogP contribution in [0.3, 0.4) is 0 Å². The molecule has 86 valence electrons. The van der Waals surface area contributed by atoms with Crippen molar-refractivity contribution in [2.24, 2.45) is 0 Å². The number of carbonyl (C=O) groups is 2. The first kappa shape index (κ1) is 12.1. The molecule has 0 aliphatic rings. The van der Waals surface area contributed by atoms with Crippen molar-refractivity contribution in [1.29, 1.82) is 0 Å². The third kappa shape index (κ3) is 2.54. The number of aliphatic hydroxyl groups is 1. The summed E-state index contributed by atoms with van der Waals surface area (Å²) in [6.07, 6.45) is 1.35. The van der Waals surface area contributed by atoms with E-state index >= 15 is 0 Å². The standard InChI is InChI=1S/C10H12N2O4/c1-12(5-6-13)9(14)8-7(10(15)16)3-2-4-11-8/h2-4,13H,5-6H2,1H3,(H,15,16). The molecule has 2 N–H and O–H groups in total. The van der Waals surface area contributed by atoms with Gasteiger partial charge in [-0.1, -0.05) is 0 Å². The van der Waals surface area contributed by atoms with E-state index in [1.54, 1.807) is 0 Å². The number of carboxylic acid groups (broad SMARTS) is 1. The SMILES string of the molecule is CN(CCO)C(=O)c1ncccc1C(=O)O. The average molecular weight is 224 g/mol. The quantitative estimate of drug-likeness (QED) is 0.741. The molecule has 0 bridgehead atoms. The summed E-state index contributed by atoms with van der Waals surface area (Å²) in [7, 11) is 1.47. The van der Waals surface area contributed by atoms with E-state index in [1.165, 1.54) is 30.3 Å². The van der Waals surface area contributed by atoms with E-state index in [4.69, 9.17) is 10.2 Å². The highest BCUT2D eigenvalue weighted by Crippen LogP contribution is 2.07. The molecule has 0 aromatic carbocycles. The number of rotatable bonds is 4. The highest BCUT2D eigenvalue weighted by molar-refractivity contribution is 6.03. The number of hydrogen-bond donors (Lipinski definition) is 2. The first-order valence-electron chi connectivity index (χ1n) is 4.62. The monoisotopic (exact) mass is 224 g/mol. The first-order valence-corrected chi connectivity index (χ1v) is 4.62. The molecular weight excluding hydrogens is 212 g/mol. The lowest BCUT2D eigenvalue weighted by Gasteiger charge is -2.15. The van der Waals surface area contributed by atoms with Crippen LogP contribution in [0.5, 0.6) is 0 Å². The average Bonchev–Trinajstić information content (AvgIpc) is 2.28. The Morgan fingerprint density at radius 1 is 1.50 bits per heavy atom. The van der Waals surface area contributed by atoms with Crippen LogP contribution in [-0.2, 0) is 0 Å². The number of nitrogens with zero attached hydrogens (tertiary/aromatic N) is 2. The molecule has 0 saturated heterocycles. The highest BCUT2D eigenvalue weighted by atomic mass is 16.4. The number of aromatic carboxylic acids is 1. The molecule has 0 radical (unpaired) electrons. The lowest BCUT2D eigenvalue weighted by Crippen LogP contribution is -2.31. The summed E-state index contributed by atoms with van der Waals surface area (Å²) < 4.78 is 0. The summed E-state index contributed by atoms with van der Waals surface area (Å²) in [5, 5.41) is 17.5. The molecule has 0 atom stereocenters. The van der Waals surface area contributed by atoms with Gasteiger partial charge in [-0.3, -0.25) is 9.78 Å². The van der Waals surface area contributed by atoms with Crippen LogP contribution >= 0.6 is 0 Å². The number of carbonyl (C=O) groups excluding carboxylic acids is 1. The molecule has 1 aromatic rings. The van der Waals surface area contributed by atoms with Gasteiger partial charge in [0.25, 0.3) is 5.91 Å². The van der Waals surface area contributed by atoms with Gasteiger partial charge in [0.1, 0.15) is 5.69 Å². The van der Waals surface area contributed by atoms with Gasteiger partial charge in [0, 0.05) is 19.8 Å². The number of carboxylic acids is 1. The zero-order valence-corrected chi connectivity index (χ0v) is 8.75. The summed E-state index contributed by atoms with van der Waals surface area (Å²) in [6, 6.07) is 2.77. The minimum absolute atomic E-state index is 0.119. The van der Waals surface area contributed by atoms with Crippen LogP contribution in [0.2, 0.25) is 0 Å². The topological polar surface area (TPSA) is 90.7 Å². The van der Waals surface area contributed by atoms with E-state index in [0.717, 1.165) is 0 Å². The van der Waals surface area contributed by atoms with E-state index in [-0.39, 0.29) is 24.4 Å². The van der Waals surface area contributed by atoms with Crippen LogP contribution in [0.25, 0.3) is 0 Å². The third-order valence-electron chi connectivity index (χ3n) is 2.02. The number of pyridine rings is 1. The summed E-state index contributed by atoms with van der Waals surface area (Å²) >= 11 is 0. The van der Waals surface area contributed by atoms with Crippen molar-refractivity contribution in [3.8, 4) is 0 Å². The van der Waals surface area contributed by atoms with Crippen LogP contribution in [0.15, 0.2) is 18.3 Å². The molecule has 0 spiro atoms. The Balaban J connectivity index is 3.03. The molecular formula is C10H12N2O4. The zero-order chi connectivity index (χ0) is 12.1. The van der Waals surface area contributed by atoms with Crippen molar-refractivity contribution in [2.45, 2.75) is 0 Å². The summed E-state index contributed by atoms with van der Waals surface area (Å²) in [5.74, 6) is -1.72. The van der Waals surface area contributed by atoms with E-state index in [9.17, 15) is 9.59 Å². The minimum Gasteiger partial charge on any atom is -0.478 e. The van der Waals surface area contributed by atoms with E-state index in [2.05, 4.69) is 4.98 Å². The third-order valence-corrected chi connectivity index (χ3v) is 2.02. The summed E-state index contributed by atoms with van der Waals surface area (Å²) in [6.45, 7) is -0.0497. The molecule has 0 aliphatic heterocycles. The Hall–Kier alpha value is -1.95. The molecule has 0 unspecified atom stereocenters. The smallest absolute Gasteiger partial charge is 0.338 e. The largest absolute Gasteiger partial charge is 0.478 e.